The van der Waals surface area contributed by atoms with Gasteiger partial charge < -0.3 is 14.2 Å². The molecular weight excluding hydrogens is 709 g/mol. The topological polar surface area (TPSA) is 78.9 Å². The van der Waals surface area contributed by atoms with E-state index >= 15 is 0 Å². The van der Waals surface area contributed by atoms with Gasteiger partial charge in [-0.1, -0.05) is 157 Å². The quantitative estimate of drug-likeness (QED) is 0.0266. The zero-order chi connectivity index (χ0) is 41.5. The number of carbonyl (C=O) groups excluding carboxylic acids is 3. The smallest absolute Gasteiger partial charge is 0.306 e. The van der Waals surface area contributed by atoms with Crippen molar-refractivity contribution in [3.8, 4) is 0 Å². The Morgan fingerprint density at radius 2 is 0.702 bits per heavy atom. The Bertz CT molecular complexity index is 1140. The average Bonchev–Trinajstić information content (AvgIpc) is 3.21. The Morgan fingerprint density at radius 1 is 0.368 bits per heavy atom. The van der Waals surface area contributed by atoms with Crippen LogP contribution in [0.15, 0.2) is 85.1 Å². The molecule has 6 nitrogen and oxygen atoms in total. The number of esters is 3. The van der Waals surface area contributed by atoms with Crippen LogP contribution in [0.3, 0.4) is 0 Å². The molecule has 57 heavy (non-hydrogen) atoms. The lowest BCUT2D eigenvalue weighted by Gasteiger charge is -2.18. The van der Waals surface area contributed by atoms with E-state index in [2.05, 4.69) is 106 Å². The molecule has 0 fully saturated rings. The Labute approximate surface area is 350 Å². The molecule has 0 radical (unpaired) electrons. The molecule has 0 aromatic carbocycles. The van der Waals surface area contributed by atoms with Gasteiger partial charge in [0.15, 0.2) is 6.10 Å². The van der Waals surface area contributed by atoms with Crippen molar-refractivity contribution in [2.75, 3.05) is 13.2 Å². The van der Waals surface area contributed by atoms with Gasteiger partial charge in [-0.3, -0.25) is 14.4 Å². The van der Waals surface area contributed by atoms with Crippen LogP contribution in [0.4, 0.5) is 0 Å². The lowest BCUT2D eigenvalue weighted by molar-refractivity contribution is -0.167. The maximum Gasteiger partial charge on any atom is 0.306 e. The van der Waals surface area contributed by atoms with Gasteiger partial charge in [0.05, 0.1) is 0 Å². The zero-order valence-electron chi connectivity index (χ0n) is 36.8. The molecule has 0 heterocycles. The van der Waals surface area contributed by atoms with Crippen molar-refractivity contribution in [3.63, 3.8) is 0 Å². The molecule has 6 heteroatoms. The lowest BCUT2D eigenvalue weighted by atomic mass is 10.1. The lowest BCUT2D eigenvalue weighted by Crippen LogP contribution is -2.30. The summed E-state index contributed by atoms with van der Waals surface area (Å²) in [6.07, 6.45) is 57.3. The predicted molar refractivity (Wildman–Crippen MR) is 242 cm³/mol. The molecule has 0 saturated heterocycles. The number of unbranched alkanes of at least 4 members (excludes halogenated alkanes) is 15. The van der Waals surface area contributed by atoms with Crippen molar-refractivity contribution < 1.29 is 28.6 Å². The van der Waals surface area contributed by atoms with E-state index in [9.17, 15) is 14.4 Å². The first-order valence-electron chi connectivity index (χ1n) is 23.1. The van der Waals surface area contributed by atoms with Crippen molar-refractivity contribution in [1.29, 1.82) is 0 Å². The van der Waals surface area contributed by atoms with E-state index in [1.54, 1.807) is 0 Å². The first-order valence-corrected chi connectivity index (χ1v) is 23.1. The monoisotopic (exact) mass is 793 g/mol. The highest BCUT2D eigenvalue weighted by molar-refractivity contribution is 5.71. The highest BCUT2D eigenvalue weighted by atomic mass is 16.6. The summed E-state index contributed by atoms with van der Waals surface area (Å²) < 4.78 is 16.6. The van der Waals surface area contributed by atoms with Crippen molar-refractivity contribution in [2.24, 2.45) is 0 Å². The standard InChI is InChI=1S/C51H84O6/c1-4-7-10-13-16-19-21-23-24-25-26-28-29-32-35-38-41-44-50(53)56-47-48(46-55-49(52)43-40-37-34-31-18-15-12-9-6-3)57-51(54)45-42-39-36-33-30-27-22-20-17-14-11-8-5-2/h9,12,16,18-19,23-24,26-28,30-32,35,48H,4-8,10-11,13-15,17,20-22,25,29,33-34,36-47H2,1-3H3/b12-9-,19-16-,24-23-,28-26-,30-27-,31-18-,35-32-. The summed E-state index contributed by atoms with van der Waals surface area (Å²) in [6, 6.07) is 0. The molecule has 0 bridgehead atoms. The third-order valence-electron chi connectivity index (χ3n) is 9.35. The van der Waals surface area contributed by atoms with Crippen LogP contribution in [-0.4, -0.2) is 37.2 Å². The molecule has 0 aliphatic heterocycles. The fourth-order valence-corrected chi connectivity index (χ4v) is 5.88. The highest BCUT2D eigenvalue weighted by Gasteiger charge is 2.19. The number of hydrogen-bond acceptors (Lipinski definition) is 6. The van der Waals surface area contributed by atoms with Gasteiger partial charge in [-0.05, 0) is 109 Å². The summed E-state index contributed by atoms with van der Waals surface area (Å²) in [6.45, 7) is 6.36. The molecule has 0 aromatic rings. The minimum atomic E-state index is -0.817. The Balaban J connectivity index is 4.50. The van der Waals surface area contributed by atoms with Gasteiger partial charge >= 0.3 is 17.9 Å². The van der Waals surface area contributed by atoms with Crippen molar-refractivity contribution in [3.05, 3.63) is 85.1 Å². The first kappa shape index (κ1) is 53.6. The molecule has 0 aromatic heterocycles. The number of carbonyl (C=O) groups is 3. The van der Waals surface area contributed by atoms with Gasteiger partial charge in [0.2, 0.25) is 0 Å². The van der Waals surface area contributed by atoms with Gasteiger partial charge in [0.1, 0.15) is 13.2 Å². The van der Waals surface area contributed by atoms with E-state index in [0.717, 1.165) is 89.9 Å². The Kier molecular flexibility index (Phi) is 42.6. The van der Waals surface area contributed by atoms with Gasteiger partial charge in [0, 0.05) is 19.3 Å². The van der Waals surface area contributed by atoms with Gasteiger partial charge in [-0.25, -0.2) is 0 Å². The largest absolute Gasteiger partial charge is 0.462 e. The fraction of sp³-hybridized carbons (Fsp3) is 0.667. The van der Waals surface area contributed by atoms with Crippen LogP contribution in [0.1, 0.15) is 201 Å². The summed E-state index contributed by atoms with van der Waals surface area (Å²) in [5, 5.41) is 0. The summed E-state index contributed by atoms with van der Waals surface area (Å²) in [5.41, 5.74) is 0. The Hall–Kier alpha value is -3.41. The summed E-state index contributed by atoms with van der Waals surface area (Å²) in [7, 11) is 0. The number of hydrogen-bond donors (Lipinski definition) is 0. The van der Waals surface area contributed by atoms with E-state index in [-0.39, 0.29) is 44.0 Å². The summed E-state index contributed by atoms with van der Waals surface area (Å²) in [4.78, 5) is 37.7. The number of ether oxygens (including phenoxy) is 3. The van der Waals surface area contributed by atoms with Crippen molar-refractivity contribution in [1.82, 2.24) is 0 Å². The summed E-state index contributed by atoms with van der Waals surface area (Å²) >= 11 is 0. The maximum atomic E-state index is 12.7. The second kappa shape index (κ2) is 45.3. The van der Waals surface area contributed by atoms with Gasteiger partial charge in [0.25, 0.3) is 0 Å². The average molecular weight is 793 g/mol. The molecule has 0 aliphatic rings. The molecule has 0 N–H and O–H groups in total. The summed E-state index contributed by atoms with van der Waals surface area (Å²) in [5.74, 6) is -1.03. The van der Waals surface area contributed by atoms with Crippen molar-refractivity contribution in [2.45, 2.75) is 207 Å². The number of rotatable bonds is 40. The predicted octanol–water partition coefficient (Wildman–Crippen LogP) is 14.9. The SMILES string of the molecule is CC/C=C\C/C=C\CCCCC(=O)OCC(COC(=O)CCC/C=C\C/C=C\C/C=C\C/C=C\CCCCC)OC(=O)CCCCC/C=C\CCCCCCCC. The van der Waals surface area contributed by atoms with E-state index in [0.29, 0.717) is 12.8 Å². The third-order valence-corrected chi connectivity index (χ3v) is 9.35. The highest BCUT2D eigenvalue weighted by Crippen LogP contribution is 2.11. The molecule has 0 aliphatic carbocycles. The maximum absolute atomic E-state index is 12.7. The van der Waals surface area contributed by atoms with E-state index in [4.69, 9.17) is 14.2 Å². The van der Waals surface area contributed by atoms with E-state index < -0.39 is 6.10 Å². The molecule has 0 rings (SSSR count). The van der Waals surface area contributed by atoms with Crippen LogP contribution >= 0.6 is 0 Å². The van der Waals surface area contributed by atoms with Crippen LogP contribution in [-0.2, 0) is 28.6 Å². The van der Waals surface area contributed by atoms with Crippen LogP contribution in [0.5, 0.6) is 0 Å². The molecule has 0 amide bonds. The minimum Gasteiger partial charge on any atom is -0.462 e. The minimum absolute atomic E-state index is 0.118. The van der Waals surface area contributed by atoms with Gasteiger partial charge in [-0.15, -0.1) is 0 Å². The molecule has 1 unspecified atom stereocenters. The van der Waals surface area contributed by atoms with Crippen LogP contribution in [0.25, 0.3) is 0 Å². The van der Waals surface area contributed by atoms with Crippen LogP contribution < -0.4 is 0 Å². The van der Waals surface area contributed by atoms with Crippen LogP contribution in [0.2, 0.25) is 0 Å². The fourth-order valence-electron chi connectivity index (χ4n) is 5.88. The second-order valence-electron chi connectivity index (χ2n) is 14.9. The number of allylic oxidation sites excluding steroid dienone is 14. The first-order chi connectivity index (χ1) is 28.0. The van der Waals surface area contributed by atoms with Crippen LogP contribution in [0, 0.1) is 0 Å². The molecule has 1 atom stereocenters. The molecule has 0 saturated carbocycles. The molecular formula is C51H84O6. The Morgan fingerprint density at radius 3 is 1.23 bits per heavy atom. The van der Waals surface area contributed by atoms with Gasteiger partial charge in [-0.2, -0.15) is 0 Å². The molecule has 324 valence electrons. The van der Waals surface area contributed by atoms with E-state index in [1.165, 1.54) is 64.2 Å². The van der Waals surface area contributed by atoms with Crippen molar-refractivity contribution >= 4 is 17.9 Å². The molecule has 0 spiro atoms. The third kappa shape index (κ3) is 43.6. The zero-order valence-corrected chi connectivity index (χ0v) is 36.8. The van der Waals surface area contributed by atoms with E-state index in [1.807, 2.05) is 0 Å². The second-order valence-corrected chi connectivity index (χ2v) is 14.9. The normalized spacial score (nSPS) is 12.8.